The minimum atomic E-state index is -4.27. The molecule has 25 heavy (non-hydrogen) atoms. The minimum absolute atomic E-state index is 0.0179. The molecule has 0 saturated heterocycles. The molecule has 2 aromatic carbocycles. The van der Waals surface area contributed by atoms with Gasteiger partial charge in [-0.15, -0.1) is 0 Å². The molecule has 1 amide bonds. The van der Waals surface area contributed by atoms with Crippen LogP contribution in [0.25, 0.3) is 0 Å². The van der Waals surface area contributed by atoms with Crippen molar-refractivity contribution in [1.82, 2.24) is 0 Å². The third-order valence-electron chi connectivity index (χ3n) is 3.38. The second kappa shape index (κ2) is 6.38. The van der Waals surface area contributed by atoms with Gasteiger partial charge in [0.05, 0.1) is 10.7 Å². The van der Waals surface area contributed by atoms with E-state index in [4.69, 9.17) is 20.5 Å². The number of benzene rings is 2. The van der Waals surface area contributed by atoms with Crippen molar-refractivity contribution in [3.05, 3.63) is 47.0 Å². The van der Waals surface area contributed by atoms with Gasteiger partial charge in [0.25, 0.3) is 5.91 Å². The highest BCUT2D eigenvalue weighted by molar-refractivity contribution is 7.87. The number of fused-ring (bicyclic) bond motifs is 1. The first kappa shape index (κ1) is 17.2. The van der Waals surface area contributed by atoms with Crippen molar-refractivity contribution >= 4 is 39.1 Å². The monoisotopic (exact) mass is 381 g/mol. The summed E-state index contributed by atoms with van der Waals surface area (Å²) >= 11 is 6.02. The van der Waals surface area contributed by atoms with Gasteiger partial charge in [-0.2, -0.15) is 8.42 Å². The predicted molar refractivity (Wildman–Crippen MR) is 89.8 cm³/mol. The number of amides is 1. The first-order valence-corrected chi connectivity index (χ1v) is 8.86. The van der Waals surface area contributed by atoms with E-state index in [0.29, 0.717) is 5.56 Å². The van der Waals surface area contributed by atoms with Crippen LogP contribution in [0.15, 0.2) is 41.3 Å². The second-order valence-corrected chi connectivity index (χ2v) is 7.16. The number of carbonyl (C=O) groups is 2. The van der Waals surface area contributed by atoms with Gasteiger partial charge >= 0.3 is 10.1 Å². The summed E-state index contributed by atoms with van der Waals surface area (Å²) in [5, 5.41) is 2.40. The van der Waals surface area contributed by atoms with Gasteiger partial charge in [-0.25, -0.2) is 0 Å². The van der Waals surface area contributed by atoms with E-state index < -0.39 is 10.1 Å². The van der Waals surface area contributed by atoms with E-state index in [-0.39, 0.29) is 45.4 Å². The lowest BCUT2D eigenvalue weighted by atomic mass is 10.1. The fraction of sp³-hybridized carbons (Fsp3) is 0.125. The van der Waals surface area contributed by atoms with Crippen LogP contribution in [0, 0.1) is 0 Å². The summed E-state index contributed by atoms with van der Waals surface area (Å²) in [5.41, 5.74) is 0.592. The molecule has 130 valence electrons. The topological polar surface area (TPSA) is 98.8 Å². The molecule has 0 aliphatic carbocycles. The molecule has 1 aliphatic heterocycles. The van der Waals surface area contributed by atoms with Gasteiger partial charge in [-0.05, 0) is 25.1 Å². The Morgan fingerprint density at radius 3 is 2.76 bits per heavy atom. The number of hydrogen-bond acceptors (Lipinski definition) is 6. The number of ketones is 1. The van der Waals surface area contributed by atoms with Crippen molar-refractivity contribution in [2.24, 2.45) is 0 Å². The quantitative estimate of drug-likeness (QED) is 0.645. The molecule has 0 unspecified atom stereocenters. The van der Waals surface area contributed by atoms with Crippen LogP contribution in [-0.2, 0) is 14.9 Å². The van der Waals surface area contributed by atoms with Crippen molar-refractivity contribution in [3.8, 4) is 11.5 Å². The predicted octanol–water partition coefficient (Wildman–Crippen LogP) is 2.64. The van der Waals surface area contributed by atoms with E-state index in [2.05, 4.69) is 5.32 Å². The lowest BCUT2D eigenvalue weighted by Gasteiger charge is -2.19. The van der Waals surface area contributed by atoms with Crippen LogP contribution in [0.2, 0.25) is 5.02 Å². The van der Waals surface area contributed by atoms with Crippen LogP contribution in [0.4, 0.5) is 5.69 Å². The standard InChI is InChI=1S/C16H12ClNO6S/c1-9(19)10-3-2-4-11(5-10)24-25(21,22)15-7-14-13(6-12(15)17)18-16(20)8-23-14/h2-7H,8H2,1H3,(H,18,20). The van der Waals surface area contributed by atoms with Crippen LogP contribution in [-0.4, -0.2) is 26.7 Å². The van der Waals surface area contributed by atoms with Gasteiger partial charge in [0.15, 0.2) is 12.4 Å². The largest absolute Gasteiger partial charge is 0.482 e. The SMILES string of the molecule is CC(=O)c1cccc(OS(=O)(=O)c2cc3c(cc2Cl)NC(=O)CO3)c1. The number of hydrogen-bond donors (Lipinski definition) is 1. The normalized spacial score (nSPS) is 13.4. The molecule has 9 heteroatoms. The van der Waals surface area contributed by atoms with Crippen molar-refractivity contribution in [2.75, 3.05) is 11.9 Å². The molecule has 0 atom stereocenters. The Hall–Kier alpha value is -2.58. The maximum atomic E-state index is 12.5. The first-order chi connectivity index (χ1) is 11.8. The lowest BCUT2D eigenvalue weighted by molar-refractivity contribution is -0.118. The van der Waals surface area contributed by atoms with E-state index in [1.54, 1.807) is 6.07 Å². The average Bonchev–Trinajstić information content (AvgIpc) is 2.53. The Labute approximate surface area is 148 Å². The zero-order valence-corrected chi connectivity index (χ0v) is 14.5. The molecule has 0 aromatic heterocycles. The molecule has 0 spiro atoms. The second-order valence-electron chi connectivity index (χ2n) is 5.24. The Morgan fingerprint density at radius 2 is 2.04 bits per heavy atom. The van der Waals surface area contributed by atoms with Crippen molar-refractivity contribution in [1.29, 1.82) is 0 Å². The van der Waals surface area contributed by atoms with Crippen LogP contribution < -0.4 is 14.2 Å². The highest BCUT2D eigenvalue weighted by Crippen LogP contribution is 2.36. The number of nitrogens with one attached hydrogen (secondary N) is 1. The average molecular weight is 382 g/mol. The molecule has 0 radical (unpaired) electrons. The maximum Gasteiger partial charge on any atom is 0.340 e. The minimum Gasteiger partial charge on any atom is -0.482 e. The zero-order chi connectivity index (χ0) is 18.2. The smallest absolute Gasteiger partial charge is 0.340 e. The van der Waals surface area contributed by atoms with Crippen molar-refractivity contribution < 1.29 is 26.9 Å². The van der Waals surface area contributed by atoms with Gasteiger partial charge in [-0.1, -0.05) is 23.7 Å². The van der Waals surface area contributed by atoms with Crippen LogP contribution in [0.1, 0.15) is 17.3 Å². The Bertz CT molecular complexity index is 986. The molecule has 1 aliphatic rings. The Balaban J connectivity index is 1.96. The highest BCUT2D eigenvalue weighted by Gasteiger charge is 2.26. The van der Waals surface area contributed by atoms with Gasteiger partial charge in [0.2, 0.25) is 0 Å². The Kier molecular flexibility index (Phi) is 4.40. The molecule has 0 bridgehead atoms. The zero-order valence-electron chi connectivity index (χ0n) is 12.9. The fourth-order valence-electron chi connectivity index (χ4n) is 2.21. The summed E-state index contributed by atoms with van der Waals surface area (Å²) in [6.07, 6.45) is 0. The van der Waals surface area contributed by atoms with Crippen LogP contribution >= 0.6 is 11.6 Å². The van der Waals surface area contributed by atoms with Crippen molar-refractivity contribution in [2.45, 2.75) is 11.8 Å². The molecule has 0 fully saturated rings. The molecule has 3 rings (SSSR count). The molecule has 7 nitrogen and oxygen atoms in total. The van der Waals surface area contributed by atoms with Gasteiger partial charge in [-0.3, -0.25) is 9.59 Å². The fourth-order valence-corrected chi connectivity index (χ4v) is 3.65. The summed E-state index contributed by atoms with van der Waals surface area (Å²) in [6, 6.07) is 8.24. The summed E-state index contributed by atoms with van der Waals surface area (Å²) in [4.78, 5) is 22.4. The number of anilines is 1. The molecular formula is C16H12ClNO6S. The Morgan fingerprint density at radius 1 is 1.28 bits per heavy atom. The van der Waals surface area contributed by atoms with E-state index >= 15 is 0 Å². The molecule has 1 N–H and O–H groups in total. The number of Topliss-reactive ketones (excluding diaryl/α,β-unsaturated/α-hetero) is 1. The maximum absolute atomic E-state index is 12.5. The van der Waals surface area contributed by atoms with Gasteiger partial charge < -0.3 is 14.2 Å². The summed E-state index contributed by atoms with van der Waals surface area (Å²) in [7, 11) is -4.27. The highest BCUT2D eigenvalue weighted by atomic mass is 35.5. The third-order valence-corrected chi connectivity index (χ3v) is 5.10. The number of ether oxygens (including phenoxy) is 1. The first-order valence-electron chi connectivity index (χ1n) is 7.08. The summed E-state index contributed by atoms with van der Waals surface area (Å²) < 4.78 is 35.3. The van der Waals surface area contributed by atoms with E-state index in [0.717, 1.165) is 0 Å². The van der Waals surface area contributed by atoms with E-state index in [1.807, 2.05) is 0 Å². The van der Waals surface area contributed by atoms with E-state index in [1.165, 1.54) is 37.3 Å². The van der Waals surface area contributed by atoms with Crippen molar-refractivity contribution in [3.63, 3.8) is 0 Å². The molecular weight excluding hydrogens is 370 g/mol. The number of carbonyl (C=O) groups excluding carboxylic acids is 2. The van der Waals surface area contributed by atoms with Crippen LogP contribution in [0.3, 0.4) is 0 Å². The number of rotatable bonds is 4. The molecule has 1 heterocycles. The molecule has 2 aromatic rings. The molecule has 0 saturated carbocycles. The third kappa shape index (κ3) is 3.59. The van der Waals surface area contributed by atoms with Gasteiger partial charge in [0, 0.05) is 11.6 Å². The lowest BCUT2D eigenvalue weighted by Crippen LogP contribution is -2.25. The van der Waals surface area contributed by atoms with E-state index in [9.17, 15) is 18.0 Å². The summed E-state index contributed by atoms with van der Waals surface area (Å²) in [5.74, 6) is -0.436. The number of halogens is 1. The summed E-state index contributed by atoms with van der Waals surface area (Å²) in [6.45, 7) is 1.13. The van der Waals surface area contributed by atoms with Gasteiger partial charge in [0.1, 0.15) is 16.4 Å². The van der Waals surface area contributed by atoms with Crippen LogP contribution in [0.5, 0.6) is 11.5 Å².